The van der Waals surface area contributed by atoms with Gasteiger partial charge in [-0.05, 0) is 49.9 Å². The number of esters is 1. The normalized spacial score (nSPS) is 18.1. The Hall–Kier alpha value is -3.88. The molecule has 0 saturated heterocycles. The van der Waals surface area contributed by atoms with Crippen molar-refractivity contribution in [3.8, 4) is 17.0 Å². The zero-order valence-corrected chi connectivity index (χ0v) is 19.6. The molecule has 0 amide bonds. The molecule has 4 aromatic rings. The molecule has 5 rings (SSSR count). The quantitative estimate of drug-likeness (QED) is 0.430. The highest BCUT2D eigenvalue weighted by Gasteiger charge is 2.27. The maximum atomic E-state index is 11.6. The Kier molecular flexibility index (Phi) is 5.91. The third kappa shape index (κ3) is 4.21. The van der Waals surface area contributed by atoms with Gasteiger partial charge < -0.3 is 14.8 Å². The highest BCUT2D eigenvalue weighted by molar-refractivity contribution is 5.93. The zero-order chi connectivity index (χ0) is 23.7. The maximum Gasteiger partial charge on any atom is 0.337 e. The molecule has 0 bridgehead atoms. The van der Waals surface area contributed by atoms with Gasteiger partial charge in [-0.3, -0.25) is 9.36 Å². The first-order valence-corrected chi connectivity index (χ1v) is 11.5. The van der Waals surface area contributed by atoms with Crippen LogP contribution in [0, 0.1) is 0 Å². The molecule has 0 spiro atoms. The Labute approximate surface area is 197 Å². The maximum absolute atomic E-state index is 11.6. The van der Waals surface area contributed by atoms with E-state index in [1.165, 1.54) is 7.11 Å². The number of aromatic nitrogens is 5. The summed E-state index contributed by atoms with van der Waals surface area (Å²) < 4.78 is 14.9. The molecular formula is C25H28N6O3. The third-order valence-electron chi connectivity index (χ3n) is 6.39. The molecule has 1 aliphatic rings. The van der Waals surface area contributed by atoms with E-state index in [1.807, 2.05) is 44.8 Å². The first-order valence-electron chi connectivity index (χ1n) is 11.5. The number of anilines is 1. The highest BCUT2D eigenvalue weighted by Crippen LogP contribution is 2.36. The molecule has 0 radical (unpaired) electrons. The number of benzene rings is 1. The number of hydrogen-bond acceptors (Lipinski definition) is 7. The number of nitrogens with zero attached hydrogens (tertiary/aromatic N) is 5. The van der Waals surface area contributed by atoms with Gasteiger partial charge in [-0.1, -0.05) is 0 Å². The summed E-state index contributed by atoms with van der Waals surface area (Å²) in [7, 11) is 5.16. The number of carbonyl (C=O) groups is 1. The number of nitrogens with one attached hydrogen (secondary N) is 1. The van der Waals surface area contributed by atoms with Crippen LogP contribution in [0.4, 0.5) is 5.82 Å². The van der Waals surface area contributed by atoms with Crippen LogP contribution >= 0.6 is 0 Å². The van der Waals surface area contributed by atoms with E-state index in [-0.39, 0.29) is 18.1 Å². The molecule has 0 aliphatic heterocycles. The minimum Gasteiger partial charge on any atom is -0.490 e. The Morgan fingerprint density at radius 3 is 2.53 bits per heavy atom. The van der Waals surface area contributed by atoms with Crippen LogP contribution in [0.25, 0.3) is 22.2 Å². The topological polar surface area (TPSA) is 96.1 Å². The van der Waals surface area contributed by atoms with Gasteiger partial charge in [0.15, 0.2) is 0 Å². The number of hydrogen-bond donors (Lipinski definition) is 1. The zero-order valence-electron chi connectivity index (χ0n) is 19.6. The second-order valence-corrected chi connectivity index (χ2v) is 8.60. The smallest absolute Gasteiger partial charge is 0.337 e. The highest BCUT2D eigenvalue weighted by atomic mass is 16.5. The fraction of sp³-hybridized carbons (Fsp3) is 0.360. The van der Waals surface area contributed by atoms with E-state index in [0.29, 0.717) is 5.56 Å². The van der Waals surface area contributed by atoms with Crippen LogP contribution in [0.2, 0.25) is 0 Å². The van der Waals surface area contributed by atoms with Gasteiger partial charge >= 0.3 is 5.97 Å². The van der Waals surface area contributed by atoms with Crippen molar-refractivity contribution in [1.82, 2.24) is 24.5 Å². The monoisotopic (exact) mass is 460 g/mol. The second-order valence-electron chi connectivity index (χ2n) is 8.60. The minimum absolute atomic E-state index is 0.134. The number of pyridine rings is 1. The lowest BCUT2D eigenvalue weighted by Crippen LogP contribution is -2.26. The van der Waals surface area contributed by atoms with Gasteiger partial charge in [0.05, 0.1) is 36.5 Å². The summed E-state index contributed by atoms with van der Waals surface area (Å²) in [6.45, 7) is 0. The Balaban J connectivity index is 1.34. The summed E-state index contributed by atoms with van der Waals surface area (Å²) in [6.07, 6.45) is 9.63. The number of methoxy groups -OCH3 is 1. The van der Waals surface area contributed by atoms with Crippen molar-refractivity contribution in [3.63, 3.8) is 0 Å². The van der Waals surface area contributed by atoms with E-state index in [1.54, 1.807) is 16.8 Å². The first-order chi connectivity index (χ1) is 16.6. The van der Waals surface area contributed by atoms with Gasteiger partial charge in [0.2, 0.25) is 0 Å². The van der Waals surface area contributed by atoms with Crippen molar-refractivity contribution >= 4 is 22.7 Å². The standard InChI is InChI=1S/C25H28N6O3/c1-26-23-12-22-21(14-27-23)24(17-13-28-30(2)15-17)29-31(22)18-6-10-20(11-7-18)34-19-8-4-16(5-9-19)25(32)33-3/h4-5,8-9,12-15,18,20H,6-7,10-11H2,1-3H3,(H,26,27)/t18-,20+. The number of carbonyl (C=O) groups excluding carboxylic acids is 1. The molecule has 3 aromatic heterocycles. The molecule has 176 valence electrons. The van der Waals surface area contributed by atoms with Gasteiger partial charge in [-0.15, -0.1) is 0 Å². The summed E-state index contributed by atoms with van der Waals surface area (Å²) in [6, 6.07) is 9.46. The average molecular weight is 461 g/mol. The van der Waals surface area contributed by atoms with E-state index in [0.717, 1.165) is 59.4 Å². The molecule has 1 aromatic carbocycles. The molecule has 0 unspecified atom stereocenters. The van der Waals surface area contributed by atoms with Crippen LogP contribution in [0.5, 0.6) is 5.75 Å². The van der Waals surface area contributed by atoms with E-state index in [2.05, 4.69) is 26.1 Å². The van der Waals surface area contributed by atoms with Crippen LogP contribution in [-0.4, -0.2) is 50.8 Å². The Morgan fingerprint density at radius 1 is 1.12 bits per heavy atom. The van der Waals surface area contributed by atoms with E-state index in [4.69, 9.17) is 14.6 Å². The van der Waals surface area contributed by atoms with Crippen molar-refractivity contribution in [2.45, 2.75) is 37.8 Å². The van der Waals surface area contributed by atoms with E-state index in [9.17, 15) is 4.79 Å². The predicted octanol–water partition coefficient (Wildman–Crippen LogP) is 4.22. The average Bonchev–Trinajstić information content (AvgIpc) is 3.47. The van der Waals surface area contributed by atoms with Crippen molar-refractivity contribution < 1.29 is 14.3 Å². The van der Waals surface area contributed by atoms with Gasteiger partial charge in [-0.25, -0.2) is 9.78 Å². The molecule has 1 fully saturated rings. The Morgan fingerprint density at radius 2 is 1.88 bits per heavy atom. The van der Waals surface area contributed by atoms with Crippen molar-refractivity contribution in [2.75, 3.05) is 19.5 Å². The Bertz CT molecular complexity index is 1300. The van der Waals surface area contributed by atoms with E-state index >= 15 is 0 Å². The summed E-state index contributed by atoms with van der Waals surface area (Å²) in [5.74, 6) is 1.24. The van der Waals surface area contributed by atoms with Gasteiger partial charge in [0.1, 0.15) is 17.3 Å². The number of fused-ring (bicyclic) bond motifs is 1. The largest absolute Gasteiger partial charge is 0.490 e. The molecule has 9 heteroatoms. The minimum atomic E-state index is -0.346. The lowest BCUT2D eigenvalue weighted by molar-refractivity contribution is 0.0600. The number of aryl methyl sites for hydroxylation is 1. The van der Waals surface area contributed by atoms with Crippen molar-refractivity contribution in [3.05, 3.63) is 54.5 Å². The van der Waals surface area contributed by atoms with Crippen LogP contribution in [0.3, 0.4) is 0 Å². The van der Waals surface area contributed by atoms with Crippen LogP contribution in [-0.2, 0) is 11.8 Å². The molecule has 9 nitrogen and oxygen atoms in total. The molecule has 3 heterocycles. The summed E-state index contributed by atoms with van der Waals surface area (Å²) >= 11 is 0. The number of ether oxygens (including phenoxy) is 2. The molecule has 34 heavy (non-hydrogen) atoms. The SMILES string of the molecule is CNc1cc2c(cn1)c(-c1cnn(C)c1)nn2[C@H]1CC[C@@H](Oc2ccc(C(=O)OC)cc2)CC1. The van der Waals surface area contributed by atoms with Crippen molar-refractivity contribution in [2.24, 2.45) is 7.05 Å². The summed E-state index contributed by atoms with van der Waals surface area (Å²) in [5, 5.41) is 13.5. The third-order valence-corrected chi connectivity index (χ3v) is 6.39. The van der Waals surface area contributed by atoms with Crippen molar-refractivity contribution in [1.29, 1.82) is 0 Å². The number of rotatable bonds is 6. The fourth-order valence-electron chi connectivity index (χ4n) is 4.59. The lowest BCUT2D eigenvalue weighted by Gasteiger charge is -2.29. The van der Waals surface area contributed by atoms with Gasteiger partial charge in [0.25, 0.3) is 0 Å². The van der Waals surface area contributed by atoms with Crippen LogP contribution in [0.1, 0.15) is 42.1 Å². The molecule has 1 saturated carbocycles. The van der Waals surface area contributed by atoms with Crippen LogP contribution < -0.4 is 10.1 Å². The molecule has 1 N–H and O–H groups in total. The van der Waals surface area contributed by atoms with Gasteiger partial charge in [-0.2, -0.15) is 10.2 Å². The second kappa shape index (κ2) is 9.17. The van der Waals surface area contributed by atoms with Gasteiger partial charge in [0, 0.05) is 43.5 Å². The molecule has 1 aliphatic carbocycles. The van der Waals surface area contributed by atoms with Crippen LogP contribution in [0.15, 0.2) is 48.9 Å². The summed E-state index contributed by atoms with van der Waals surface area (Å²) in [5.41, 5.74) is 3.48. The molecule has 0 atom stereocenters. The lowest BCUT2D eigenvalue weighted by atomic mass is 9.93. The summed E-state index contributed by atoms with van der Waals surface area (Å²) in [4.78, 5) is 16.1. The first kappa shape index (κ1) is 21.9. The fourth-order valence-corrected chi connectivity index (χ4v) is 4.59. The van der Waals surface area contributed by atoms with E-state index < -0.39 is 0 Å². The predicted molar refractivity (Wildman–Crippen MR) is 129 cm³/mol. The molecular weight excluding hydrogens is 432 g/mol.